The zero-order valence-electron chi connectivity index (χ0n) is 5.99. The van der Waals surface area contributed by atoms with Gasteiger partial charge in [0.05, 0.1) is 6.61 Å². The zero-order valence-corrected chi connectivity index (χ0v) is 5.99. The molecule has 0 amide bonds. The summed E-state index contributed by atoms with van der Waals surface area (Å²) in [6.45, 7) is -0.482. The van der Waals surface area contributed by atoms with Crippen molar-refractivity contribution in [2.75, 3.05) is 6.61 Å². The Kier molecular flexibility index (Phi) is 2.49. The van der Waals surface area contributed by atoms with Crippen molar-refractivity contribution in [3.63, 3.8) is 0 Å². The van der Waals surface area contributed by atoms with Gasteiger partial charge in [-0.2, -0.15) is 0 Å². The number of aliphatic hydroxyl groups excluding tert-OH is 2. The van der Waals surface area contributed by atoms with Crippen molar-refractivity contribution in [2.24, 2.45) is 5.11 Å². The molecule has 0 aromatic rings. The topological polar surface area (TPSA) is 116 Å². The number of azide groups is 1. The lowest BCUT2D eigenvalue weighted by atomic mass is 10.1. The van der Waals surface area contributed by atoms with Gasteiger partial charge in [0.25, 0.3) is 0 Å². The van der Waals surface area contributed by atoms with Crippen molar-refractivity contribution in [3.05, 3.63) is 10.4 Å². The third kappa shape index (κ3) is 1.33. The van der Waals surface area contributed by atoms with Crippen LogP contribution in [0, 0.1) is 0 Å². The molecule has 7 nitrogen and oxygen atoms in total. The first-order chi connectivity index (χ1) is 5.70. The average molecular weight is 173 g/mol. The number of carbonyl (C=O) groups is 1. The molecule has 12 heavy (non-hydrogen) atoms. The molecule has 66 valence electrons. The Morgan fingerprint density at radius 3 is 2.83 bits per heavy atom. The predicted molar refractivity (Wildman–Crippen MR) is 35.9 cm³/mol. The smallest absolute Gasteiger partial charge is 0.318 e. The van der Waals surface area contributed by atoms with E-state index in [4.69, 9.17) is 10.6 Å². The fourth-order valence-corrected chi connectivity index (χ4v) is 0.948. The highest BCUT2D eigenvalue weighted by molar-refractivity contribution is 5.79. The number of aliphatic hydroxyl groups is 2. The minimum absolute atomic E-state index is 0.482. The number of rotatable bonds is 2. The normalized spacial score (nSPS) is 34.2. The highest BCUT2D eigenvalue weighted by Crippen LogP contribution is 2.18. The number of ether oxygens (including phenoxy) is 1. The molecule has 0 saturated carbocycles. The molecular formula is C5H7N3O4. The van der Waals surface area contributed by atoms with Crippen LogP contribution in [-0.4, -0.2) is 41.0 Å². The Balaban J connectivity index is 2.76. The van der Waals surface area contributed by atoms with Crippen molar-refractivity contribution >= 4 is 5.97 Å². The standard InChI is InChI=1S/C5H7N3O4/c6-8-7-3-4(10)2(1-9)12-5(3)11/h2-4,9-10H,1H2/t2-,3-,4-/m0/s1. The maximum absolute atomic E-state index is 10.8. The maximum atomic E-state index is 10.8. The van der Waals surface area contributed by atoms with E-state index in [1.54, 1.807) is 0 Å². The van der Waals surface area contributed by atoms with Gasteiger partial charge in [0.2, 0.25) is 0 Å². The fraction of sp³-hybridized carbons (Fsp3) is 0.800. The first-order valence-corrected chi connectivity index (χ1v) is 3.24. The van der Waals surface area contributed by atoms with Crippen LogP contribution in [0.25, 0.3) is 10.4 Å². The minimum atomic E-state index is -1.25. The molecule has 3 atom stereocenters. The van der Waals surface area contributed by atoms with Crippen molar-refractivity contribution < 1.29 is 19.7 Å². The summed E-state index contributed by atoms with van der Waals surface area (Å²) in [4.78, 5) is 13.2. The van der Waals surface area contributed by atoms with Gasteiger partial charge >= 0.3 is 5.97 Å². The first-order valence-electron chi connectivity index (χ1n) is 3.24. The molecule has 0 spiro atoms. The summed E-state index contributed by atoms with van der Waals surface area (Å²) in [7, 11) is 0. The van der Waals surface area contributed by atoms with E-state index in [9.17, 15) is 9.90 Å². The summed E-state index contributed by atoms with van der Waals surface area (Å²) >= 11 is 0. The Morgan fingerprint density at radius 1 is 1.75 bits per heavy atom. The predicted octanol–water partition coefficient (Wildman–Crippen LogP) is -1.06. The highest BCUT2D eigenvalue weighted by Gasteiger charge is 2.42. The maximum Gasteiger partial charge on any atom is 0.318 e. The van der Waals surface area contributed by atoms with Gasteiger partial charge in [-0.25, -0.2) is 0 Å². The molecule has 0 radical (unpaired) electrons. The quantitative estimate of drug-likeness (QED) is 0.239. The van der Waals surface area contributed by atoms with Gasteiger partial charge in [-0.1, -0.05) is 5.11 Å². The molecule has 1 saturated heterocycles. The Hall–Kier alpha value is -1.30. The zero-order chi connectivity index (χ0) is 9.14. The van der Waals surface area contributed by atoms with Crippen molar-refractivity contribution in [2.45, 2.75) is 18.2 Å². The summed E-state index contributed by atoms with van der Waals surface area (Å²) in [6, 6.07) is -1.23. The van der Waals surface area contributed by atoms with Crippen molar-refractivity contribution in [1.29, 1.82) is 0 Å². The average Bonchev–Trinajstić information content (AvgIpc) is 2.32. The summed E-state index contributed by atoms with van der Waals surface area (Å²) in [5.41, 5.74) is 8.00. The summed E-state index contributed by atoms with van der Waals surface area (Å²) in [5, 5.41) is 20.8. The SMILES string of the molecule is [N-]=[N+]=N[C@@H]1C(=O)O[C@@H](CO)[C@@H]1O. The summed E-state index contributed by atoms with van der Waals surface area (Å²) in [5.74, 6) is -0.806. The van der Waals surface area contributed by atoms with Gasteiger partial charge in [0.1, 0.15) is 6.10 Å². The lowest BCUT2D eigenvalue weighted by molar-refractivity contribution is -0.143. The van der Waals surface area contributed by atoms with E-state index in [0.717, 1.165) is 0 Å². The van der Waals surface area contributed by atoms with E-state index < -0.39 is 30.8 Å². The van der Waals surface area contributed by atoms with Crippen LogP contribution in [-0.2, 0) is 9.53 Å². The molecule has 0 bridgehead atoms. The molecule has 0 unspecified atom stereocenters. The van der Waals surface area contributed by atoms with E-state index in [1.807, 2.05) is 0 Å². The van der Waals surface area contributed by atoms with Crippen molar-refractivity contribution in [1.82, 2.24) is 0 Å². The van der Waals surface area contributed by atoms with Crippen LogP contribution in [0.3, 0.4) is 0 Å². The van der Waals surface area contributed by atoms with Gasteiger partial charge in [0, 0.05) is 4.91 Å². The first kappa shape index (κ1) is 8.79. The molecule has 1 aliphatic rings. The van der Waals surface area contributed by atoms with Gasteiger partial charge < -0.3 is 14.9 Å². The molecule has 1 aliphatic heterocycles. The number of carbonyl (C=O) groups excluding carboxylic acids is 1. The number of hydrogen-bond acceptors (Lipinski definition) is 5. The molecule has 1 rings (SSSR count). The molecule has 0 aliphatic carbocycles. The van der Waals surface area contributed by atoms with E-state index in [-0.39, 0.29) is 0 Å². The molecule has 0 aromatic heterocycles. The molecule has 2 N–H and O–H groups in total. The second kappa shape index (κ2) is 3.40. The van der Waals surface area contributed by atoms with E-state index in [1.165, 1.54) is 0 Å². The van der Waals surface area contributed by atoms with Gasteiger partial charge in [0.15, 0.2) is 12.1 Å². The van der Waals surface area contributed by atoms with Crippen LogP contribution in [0.15, 0.2) is 5.11 Å². The van der Waals surface area contributed by atoms with Crippen LogP contribution < -0.4 is 0 Å². The van der Waals surface area contributed by atoms with Crippen LogP contribution in [0.1, 0.15) is 0 Å². The van der Waals surface area contributed by atoms with E-state index in [0.29, 0.717) is 0 Å². The monoisotopic (exact) mass is 173 g/mol. The molecule has 7 heteroatoms. The van der Waals surface area contributed by atoms with Gasteiger partial charge in [-0.3, -0.25) is 4.79 Å². The third-order valence-electron chi connectivity index (χ3n) is 1.57. The summed E-state index contributed by atoms with van der Waals surface area (Å²) < 4.78 is 4.48. The number of nitrogens with zero attached hydrogens (tertiary/aromatic N) is 3. The van der Waals surface area contributed by atoms with Crippen LogP contribution in [0.5, 0.6) is 0 Å². The molecule has 1 heterocycles. The highest BCUT2D eigenvalue weighted by atomic mass is 16.6. The number of esters is 1. The van der Waals surface area contributed by atoms with Gasteiger partial charge in [-0.05, 0) is 5.53 Å². The fourth-order valence-electron chi connectivity index (χ4n) is 0.948. The van der Waals surface area contributed by atoms with Crippen LogP contribution in [0.2, 0.25) is 0 Å². The van der Waals surface area contributed by atoms with E-state index >= 15 is 0 Å². The van der Waals surface area contributed by atoms with Crippen molar-refractivity contribution in [3.8, 4) is 0 Å². The summed E-state index contributed by atoms with van der Waals surface area (Å²) in [6.07, 6.45) is -2.23. The molecule has 0 aromatic carbocycles. The Bertz CT molecular complexity index is 237. The van der Waals surface area contributed by atoms with Crippen LogP contribution >= 0.6 is 0 Å². The third-order valence-corrected chi connectivity index (χ3v) is 1.57. The second-order valence-corrected chi connectivity index (χ2v) is 2.30. The number of cyclic esters (lactones) is 1. The lowest BCUT2D eigenvalue weighted by Crippen LogP contribution is -2.31. The Labute approximate surface area is 67.2 Å². The van der Waals surface area contributed by atoms with Crippen LogP contribution in [0.4, 0.5) is 0 Å². The van der Waals surface area contributed by atoms with E-state index in [2.05, 4.69) is 14.8 Å². The molecule has 1 fully saturated rings. The van der Waals surface area contributed by atoms with Gasteiger partial charge in [-0.15, -0.1) is 0 Å². The second-order valence-electron chi connectivity index (χ2n) is 2.30. The largest absolute Gasteiger partial charge is 0.457 e. The minimum Gasteiger partial charge on any atom is -0.457 e. The Morgan fingerprint density at radius 2 is 2.42 bits per heavy atom. The molecular weight excluding hydrogens is 166 g/mol. The lowest BCUT2D eigenvalue weighted by Gasteiger charge is -2.08. The number of hydrogen-bond donors (Lipinski definition) is 2.